The number of carbonyl (C=O) groups is 2. The average molecular weight is 541 g/mol. The third-order valence-electron chi connectivity index (χ3n) is 5.69. The van der Waals surface area contributed by atoms with Crippen LogP contribution in [-0.2, 0) is 17.8 Å². The molecule has 3 aliphatic rings. The zero-order valence-electron chi connectivity index (χ0n) is 18.5. The van der Waals surface area contributed by atoms with Gasteiger partial charge in [0.25, 0.3) is 5.91 Å². The van der Waals surface area contributed by atoms with E-state index in [1.165, 1.54) is 4.90 Å². The van der Waals surface area contributed by atoms with Crippen LogP contribution in [0.5, 0.6) is 0 Å². The number of nitrogens with one attached hydrogen (secondary N) is 1. The maximum absolute atomic E-state index is 13.2. The van der Waals surface area contributed by atoms with Gasteiger partial charge in [0.2, 0.25) is 0 Å². The molecule has 9 heteroatoms. The first kappa shape index (κ1) is 24.7. The van der Waals surface area contributed by atoms with Gasteiger partial charge in [-0.05, 0) is 45.0 Å². The number of fused-ring (bicyclic) bond motifs is 1. The van der Waals surface area contributed by atoms with Crippen LogP contribution in [-0.4, -0.2) is 41.7 Å². The van der Waals surface area contributed by atoms with E-state index in [0.717, 1.165) is 29.8 Å². The number of amides is 2. The van der Waals surface area contributed by atoms with E-state index < -0.39 is 6.09 Å². The minimum absolute atomic E-state index is 0. The molecule has 0 radical (unpaired) electrons. The molecule has 4 heterocycles. The molecular formula is C22H26CsN5O3. The van der Waals surface area contributed by atoms with Crippen LogP contribution >= 0.6 is 0 Å². The van der Waals surface area contributed by atoms with Crippen molar-refractivity contribution in [3.05, 3.63) is 54.2 Å². The first-order valence-electron chi connectivity index (χ1n) is 9.99. The Morgan fingerprint density at radius 1 is 1.19 bits per heavy atom. The monoisotopic (exact) mass is 541 g/mol. The minimum atomic E-state index is -0.409. The Balaban J connectivity index is 0.00000136. The maximum atomic E-state index is 13.2. The fourth-order valence-corrected chi connectivity index (χ4v) is 4.01. The summed E-state index contributed by atoms with van der Waals surface area (Å²) < 4.78 is 5.10. The van der Waals surface area contributed by atoms with Gasteiger partial charge in [-0.2, -0.15) is 0 Å². The van der Waals surface area contributed by atoms with Crippen molar-refractivity contribution in [2.75, 3.05) is 23.5 Å². The summed E-state index contributed by atoms with van der Waals surface area (Å²) in [6.45, 7) is 3.29. The molecule has 1 N–H and O–H groups in total. The number of pyridine rings is 2. The zero-order chi connectivity index (χ0) is 20.1. The maximum Gasteiger partial charge on any atom is 1.00 e. The molecule has 0 bridgehead atoms. The van der Waals surface area contributed by atoms with Crippen LogP contribution in [0.25, 0.3) is 0 Å². The number of nitrogens with zero attached hydrogens (tertiary/aromatic N) is 4. The fraction of sp³-hybridized carbons (Fsp3) is 0.409. The molecule has 2 amide bonds. The first-order valence-corrected chi connectivity index (χ1v) is 9.99. The molecule has 5 rings (SSSR count). The second-order valence-corrected chi connectivity index (χ2v) is 7.87. The van der Waals surface area contributed by atoms with Crippen LogP contribution in [0.4, 0.5) is 16.4 Å². The Hall–Kier alpha value is -0.948. The van der Waals surface area contributed by atoms with Crippen molar-refractivity contribution in [3.8, 4) is 0 Å². The number of anilines is 2. The molecule has 2 aromatic heterocycles. The normalized spacial score (nSPS) is 19.6. The third-order valence-corrected chi connectivity index (χ3v) is 5.69. The van der Waals surface area contributed by atoms with Crippen LogP contribution in [0.3, 0.4) is 0 Å². The molecule has 0 spiro atoms. The summed E-state index contributed by atoms with van der Waals surface area (Å²) in [5.74, 6) is 1.43. The van der Waals surface area contributed by atoms with Crippen LogP contribution in [0.2, 0.25) is 0 Å². The SMILES string of the molecule is CNCc1nc(C2CC2)cc2c1CN(c1cccc(N3C(=O)OC[C@@H]3C)n1)C2=O.[CH3-].[Cs+]. The molecule has 1 saturated carbocycles. The van der Waals surface area contributed by atoms with Crippen molar-refractivity contribution in [2.45, 2.75) is 44.8 Å². The van der Waals surface area contributed by atoms with E-state index >= 15 is 0 Å². The Labute approximate surface area is 241 Å². The van der Waals surface area contributed by atoms with Crippen molar-refractivity contribution in [3.63, 3.8) is 0 Å². The number of ether oxygens (including phenoxy) is 1. The molecule has 1 aliphatic carbocycles. The second kappa shape index (κ2) is 9.90. The fourth-order valence-electron chi connectivity index (χ4n) is 4.01. The number of hydrogen-bond acceptors (Lipinski definition) is 6. The number of carbonyl (C=O) groups excluding carboxylic acids is 2. The molecule has 0 unspecified atom stereocenters. The van der Waals surface area contributed by atoms with Gasteiger partial charge in [-0.1, -0.05) is 6.07 Å². The Morgan fingerprint density at radius 3 is 2.58 bits per heavy atom. The second-order valence-electron chi connectivity index (χ2n) is 7.87. The number of cyclic esters (lactones) is 1. The van der Waals surface area contributed by atoms with Crippen molar-refractivity contribution in [1.82, 2.24) is 15.3 Å². The van der Waals surface area contributed by atoms with Gasteiger partial charge < -0.3 is 17.5 Å². The van der Waals surface area contributed by atoms with Gasteiger partial charge in [0.1, 0.15) is 18.2 Å². The van der Waals surface area contributed by atoms with Gasteiger partial charge in [0.05, 0.1) is 18.3 Å². The zero-order valence-corrected chi connectivity index (χ0v) is 24.8. The summed E-state index contributed by atoms with van der Waals surface area (Å²) in [4.78, 5) is 37.9. The summed E-state index contributed by atoms with van der Waals surface area (Å²) in [5, 5.41) is 3.16. The van der Waals surface area contributed by atoms with Gasteiger partial charge in [0.15, 0.2) is 0 Å². The Kier molecular flexibility index (Phi) is 7.89. The Morgan fingerprint density at radius 2 is 1.94 bits per heavy atom. The Bertz CT molecular complexity index is 1010. The topological polar surface area (TPSA) is 87.7 Å². The van der Waals surface area contributed by atoms with Gasteiger partial charge in [0, 0.05) is 29.3 Å². The van der Waals surface area contributed by atoms with Crippen molar-refractivity contribution in [2.24, 2.45) is 0 Å². The summed E-state index contributed by atoms with van der Waals surface area (Å²) in [6, 6.07) is 7.24. The largest absolute Gasteiger partial charge is 1.00 e. The molecule has 158 valence electrons. The van der Waals surface area contributed by atoms with E-state index in [1.54, 1.807) is 17.0 Å². The van der Waals surface area contributed by atoms with Crippen molar-refractivity contribution in [1.29, 1.82) is 0 Å². The molecule has 0 aromatic carbocycles. The van der Waals surface area contributed by atoms with E-state index in [1.807, 2.05) is 26.1 Å². The summed E-state index contributed by atoms with van der Waals surface area (Å²) >= 11 is 0. The van der Waals surface area contributed by atoms with Gasteiger partial charge in [-0.15, -0.1) is 0 Å². The quantitative estimate of drug-likeness (QED) is 0.538. The molecule has 1 saturated heterocycles. The van der Waals surface area contributed by atoms with Crippen LogP contribution in [0.1, 0.15) is 53.0 Å². The van der Waals surface area contributed by atoms with Gasteiger partial charge >= 0.3 is 75.0 Å². The molecular weight excluding hydrogens is 515 g/mol. The number of aromatic nitrogens is 2. The minimum Gasteiger partial charge on any atom is -0.447 e. The molecule has 2 fully saturated rings. The smallest absolute Gasteiger partial charge is 0.447 e. The van der Waals surface area contributed by atoms with Crippen molar-refractivity contribution < 1.29 is 83.2 Å². The molecule has 8 nitrogen and oxygen atoms in total. The van der Waals surface area contributed by atoms with Crippen LogP contribution in [0.15, 0.2) is 24.3 Å². The predicted octanol–water partition coefficient (Wildman–Crippen LogP) is 0.0332. The van der Waals surface area contributed by atoms with Gasteiger partial charge in [-0.25, -0.2) is 9.78 Å². The van der Waals surface area contributed by atoms with E-state index in [-0.39, 0.29) is 88.3 Å². The summed E-state index contributed by atoms with van der Waals surface area (Å²) in [6.07, 6.45) is 1.86. The molecule has 2 aromatic rings. The van der Waals surface area contributed by atoms with Crippen LogP contribution in [0, 0.1) is 7.43 Å². The van der Waals surface area contributed by atoms with Gasteiger partial charge in [-0.3, -0.25) is 19.6 Å². The molecule has 31 heavy (non-hydrogen) atoms. The van der Waals surface area contributed by atoms with E-state index in [0.29, 0.717) is 42.8 Å². The van der Waals surface area contributed by atoms with E-state index in [4.69, 9.17) is 9.72 Å². The summed E-state index contributed by atoms with van der Waals surface area (Å²) in [7, 11) is 1.88. The standard InChI is InChI=1S/C21H23N5O3.CH3.Cs/c1-12-11-29-21(28)26(12)19-5-3-4-18(24-19)25-10-15-14(20(25)27)8-16(13-6-7-13)23-17(15)9-22-2;;/h3-5,8,12-13,22H,6-7,9-11H2,1-2H3;1H3;/q;-1;+1/t12-;;/m0../s1. The molecule has 1 atom stereocenters. The third kappa shape index (κ3) is 4.59. The number of rotatable bonds is 5. The van der Waals surface area contributed by atoms with E-state index in [2.05, 4.69) is 10.3 Å². The first-order chi connectivity index (χ1) is 14.1. The number of hydrogen-bond donors (Lipinski definition) is 1. The van der Waals surface area contributed by atoms with Crippen LogP contribution < -0.4 is 84.0 Å². The van der Waals surface area contributed by atoms with E-state index in [9.17, 15) is 9.59 Å². The predicted molar refractivity (Wildman–Crippen MR) is 113 cm³/mol. The molecule has 2 aliphatic heterocycles. The average Bonchev–Trinajstić information content (AvgIpc) is 3.44. The van der Waals surface area contributed by atoms with Crippen molar-refractivity contribution >= 4 is 23.6 Å². The summed E-state index contributed by atoms with van der Waals surface area (Å²) in [5.41, 5.74) is 3.61.